The molecule has 94 valence electrons. The highest BCUT2D eigenvalue weighted by Gasteiger charge is 2.07. The van der Waals surface area contributed by atoms with E-state index in [0.29, 0.717) is 37.9 Å². The van der Waals surface area contributed by atoms with Crippen molar-refractivity contribution in [1.82, 2.24) is 10.2 Å². The summed E-state index contributed by atoms with van der Waals surface area (Å²) in [6.07, 6.45) is 1.51. The predicted molar refractivity (Wildman–Crippen MR) is 66.1 cm³/mol. The number of hydrogen-bond donors (Lipinski definition) is 1. The van der Waals surface area contributed by atoms with Gasteiger partial charge in [0, 0.05) is 7.11 Å². The van der Waals surface area contributed by atoms with E-state index in [1.54, 1.807) is 13.2 Å². The normalized spacial score (nSPS) is 10.2. The van der Waals surface area contributed by atoms with E-state index < -0.39 is 0 Å². The lowest BCUT2D eigenvalue weighted by Crippen LogP contribution is -2.16. The minimum Gasteiger partial charge on any atom is -0.474 e. The summed E-state index contributed by atoms with van der Waals surface area (Å²) in [5.74, 6) is 0.329. The molecule has 0 radical (unpaired) electrons. The monoisotopic (exact) mass is 257 g/mol. The fourth-order valence-electron chi connectivity index (χ4n) is 1.05. The third-order valence-electron chi connectivity index (χ3n) is 1.85. The molecule has 0 amide bonds. The average molecular weight is 257 g/mol. The third-order valence-corrected chi connectivity index (χ3v) is 2.07. The van der Waals surface area contributed by atoms with Crippen molar-refractivity contribution in [3.63, 3.8) is 0 Å². The number of aromatic nitrogens is 2. The van der Waals surface area contributed by atoms with Crippen LogP contribution in [-0.2, 0) is 9.47 Å². The van der Waals surface area contributed by atoms with Crippen molar-refractivity contribution >= 4 is 17.2 Å². The molecule has 2 N–H and O–H groups in total. The molecular formula is C10H15N3O3S. The largest absolute Gasteiger partial charge is 0.474 e. The summed E-state index contributed by atoms with van der Waals surface area (Å²) >= 11 is 4.87. The minimum absolute atomic E-state index is 0.232. The van der Waals surface area contributed by atoms with E-state index in [1.807, 2.05) is 0 Å². The summed E-state index contributed by atoms with van der Waals surface area (Å²) in [4.78, 5) is 0.232. The van der Waals surface area contributed by atoms with Gasteiger partial charge in [-0.1, -0.05) is 12.2 Å². The summed E-state index contributed by atoms with van der Waals surface area (Å²) in [7, 11) is 1.62. The fourth-order valence-corrected chi connectivity index (χ4v) is 1.21. The molecule has 0 saturated carbocycles. The van der Waals surface area contributed by atoms with Crippen molar-refractivity contribution in [1.29, 1.82) is 0 Å². The molecule has 0 atom stereocenters. The minimum atomic E-state index is 0.232. The molecule has 0 saturated heterocycles. The van der Waals surface area contributed by atoms with Gasteiger partial charge in [0.1, 0.15) is 11.6 Å². The summed E-state index contributed by atoms with van der Waals surface area (Å²) in [5, 5.41) is 7.52. The van der Waals surface area contributed by atoms with E-state index >= 15 is 0 Å². The Balaban J connectivity index is 2.34. The fraction of sp³-hybridized carbons (Fsp3) is 0.500. The van der Waals surface area contributed by atoms with Crippen LogP contribution in [0.1, 0.15) is 5.56 Å². The van der Waals surface area contributed by atoms with Gasteiger partial charge in [0.05, 0.1) is 31.6 Å². The molecular weight excluding hydrogens is 242 g/mol. The molecule has 7 heteroatoms. The number of nitrogens with two attached hydrogens (primary N) is 1. The maximum absolute atomic E-state index is 5.52. The number of rotatable bonds is 8. The van der Waals surface area contributed by atoms with E-state index in [0.717, 1.165) is 0 Å². The number of ether oxygens (including phenoxy) is 3. The molecule has 17 heavy (non-hydrogen) atoms. The van der Waals surface area contributed by atoms with Crippen molar-refractivity contribution in [3.8, 4) is 5.88 Å². The number of nitrogens with zero attached hydrogens (tertiary/aromatic N) is 2. The van der Waals surface area contributed by atoms with Crippen molar-refractivity contribution in [2.45, 2.75) is 0 Å². The summed E-state index contributed by atoms with van der Waals surface area (Å²) in [6, 6.07) is 1.66. The van der Waals surface area contributed by atoms with Gasteiger partial charge in [-0.3, -0.25) is 0 Å². The Kier molecular flexibility index (Phi) is 6.38. The van der Waals surface area contributed by atoms with Crippen LogP contribution in [0.15, 0.2) is 12.3 Å². The van der Waals surface area contributed by atoms with E-state index in [9.17, 15) is 0 Å². The van der Waals surface area contributed by atoms with Crippen molar-refractivity contribution in [2.24, 2.45) is 5.73 Å². The first-order chi connectivity index (χ1) is 8.25. The van der Waals surface area contributed by atoms with Gasteiger partial charge in [-0.15, -0.1) is 5.10 Å². The van der Waals surface area contributed by atoms with Gasteiger partial charge in [0.15, 0.2) is 0 Å². The highest BCUT2D eigenvalue weighted by atomic mass is 32.1. The number of methoxy groups -OCH3 is 1. The average Bonchev–Trinajstić information content (AvgIpc) is 2.34. The molecule has 0 bridgehead atoms. The van der Waals surface area contributed by atoms with Crippen molar-refractivity contribution < 1.29 is 14.2 Å². The highest BCUT2D eigenvalue weighted by Crippen LogP contribution is 2.12. The zero-order chi connectivity index (χ0) is 12.5. The van der Waals surface area contributed by atoms with Crippen molar-refractivity contribution in [3.05, 3.63) is 17.8 Å². The first-order valence-corrected chi connectivity index (χ1v) is 5.47. The van der Waals surface area contributed by atoms with Gasteiger partial charge < -0.3 is 19.9 Å². The Morgan fingerprint density at radius 3 is 2.82 bits per heavy atom. The Bertz CT molecular complexity index is 362. The first kappa shape index (κ1) is 13.8. The van der Waals surface area contributed by atoms with Gasteiger partial charge in [0.2, 0.25) is 5.88 Å². The molecule has 1 rings (SSSR count). The smallest absolute Gasteiger partial charge is 0.243 e. The Labute approximate surface area is 105 Å². The second-order valence-corrected chi connectivity index (χ2v) is 3.51. The van der Waals surface area contributed by atoms with E-state index in [4.69, 9.17) is 32.2 Å². The molecule has 1 heterocycles. The molecule has 0 spiro atoms. The Morgan fingerprint density at radius 2 is 2.12 bits per heavy atom. The second kappa shape index (κ2) is 7.88. The maximum Gasteiger partial charge on any atom is 0.243 e. The number of thiocarbonyl (C=S) groups is 1. The molecule has 0 aromatic carbocycles. The van der Waals surface area contributed by atoms with Crippen LogP contribution in [0.5, 0.6) is 5.88 Å². The SMILES string of the molecule is COCCOCCOc1nnccc1C(N)=S. The van der Waals surface area contributed by atoms with Crippen LogP contribution in [0.3, 0.4) is 0 Å². The molecule has 0 unspecified atom stereocenters. The van der Waals surface area contributed by atoms with Crippen LogP contribution in [0, 0.1) is 0 Å². The lowest BCUT2D eigenvalue weighted by molar-refractivity contribution is 0.0535. The van der Waals surface area contributed by atoms with Crippen LogP contribution in [0.25, 0.3) is 0 Å². The molecule has 6 nitrogen and oxygen atoms in total. The van der Waals surface area contributed by atoms with Gasteiger partial charge in [-0.05, 0) is 6.07 Å². The topological polar surface area (TPSA) is 79.5 Å². The molecule has 0 aliphatic heterocycles. The third kappa shape index (κ3) is 5.03. The molecule has 0 aliphatic rings. The Hall–Kier alpha value is -1.31. The van der Waals surface area contributed by atoms with Crippen LogP contribution in [-0.4, -0.2) is 48.7 Å². The summed E-state index contributed by atoms with van der Waals surface area (Å²) < 4.78 is 15.4. The van der Waals surface area contributed by atoms with Gasteiger partial charge in [-0.25, -0.2) is 0 Å². The van der Waals surface area contributed by atoms with Gasteiger partial charge in [-0.2, -0.15) is 5.10 Å². The van der Waals surface area contributed by atoms with Crippen LogP contribution >= 0.6 is 12.2 Å². The van der Waals surface area contributed by atoms with Crippen molar-refractivity contribution in [2.75, 3.05) is 33.5 Å². The van der Waals surface area contributed by atoms with Crippen LogP contribution in [0.4, 0.5) is 0 Å². The zero-order valence-electron chi connectivity index (χ0n) is 9.59. The van der Waals surface area contributed by atoms with Gasteiger partial charge in [0.25, 0.3) is 0 Å². The highest BCUT2D eigenvalue weighted by molar-refractivity contribution is 7.80. The molecule has 0 fully saturated rings. The molecule has 1 aromatic heterocycles. The lowest BCUT2D eigenvalue weighted by atomic mass is 10.3. The first-order valence-electron chi connectivity index (χ1n) is 5.06. The van der Waals surface area contributed by atoms with Gasteiger partial charge >= 0.3 is 0 Å². The standard InChI is InChI=1S/C10H15N3O3S/c1-14-4-5-15-6-7-16-10-8(9(11)17)2-3-12-13-10/h2-3H,4-7H2,1H3,(H2,11,17). The predicted octanol–water partition coefficient (Wildman–Crippen LogP) is 0.153. The maximum atomic E-state index is 5.52. The zero-order valence-corrected chi connectivity index (χ0v) is 10.4. The summed E-state index contributed by atoms with van der Waals surface area (Å²) in [5.41, 5.74) is 6.10. The lowest BCUT2D eigenvalue weighted by Gasteiger charge is -2.08. The van der Waals surface area contributed by atoms with Crippen LogP contribution < -0.4 is 10.5 Å². The van der Waals surface area contributed by atoms with Crippen LogP contribution in [0.2, 0.25) is 0 Å². The molecule has 1 aromatic rings. The molecule has 0 aliphatic carbocycles. The Morgan fingerprint density at radius 1 is 1.35 bits per heavy atom. The van der Waals surface area contributed by atoms with E-state index in [2.05, 4.69) is 10.2 Å². The summed E-state index contributed by atoms with van der Waals surface area (Å²) in [6.45, 7) is 1.89. The van der Waals surface area contributed by atoms with E-state index in [1.165, 1.54) is 6.20 Å². The van der Waals surface area contributed by atoms with E-state index in [-0.39, 0.29) is 4.99 Å². The number of hydrogen-bond acceptors (Lipinski definition) is 6. The second-order valence-electron chi connectivity index (χ2n) is 3.07. The quantitative estimate of drug-likeness (QED) is 0.524.